The number of nitriles is 1. The second-order valence-corrected chi connectivity index (χ2v) is 9.90. The van der Waals surface area contributed by atoms with Gasteiger partial charge in [-0.2, -0.15) is 5.26 Å². The van der Waals surface area contributed by atoms with Crippen LogP contribution in [-0.2, 0) is 14.9 Å². The van der Waals surface area contributed by atoms with Crippen molar-refractivity contribution in [2.24, 2.45) is 5.92 Å². The molecule has 11 heteroatoms. The molecule has 0 aliphatic carbocycles. The number of methoxy groups -OCH3 is 3. The van der Waals surface area contributed by atoms with E-state index < -0.39 is 34.7 Å². The zero-order valence-electron chi connectivity index (χ0n) is 24.4. The summed E-state index contributed by atoms with van der Waals surface area (Å²) in [5.41, 5.74) is -0.479. The van der Waals surface area contributed by atoms with Gasteiger partial charge in [0.05, 0.1) is 39.2 Å². The predicted octanol–water partition coefficient (Wildman–Crippen LogP) is 5.45. The summed E-state index contributed by atoms with van der Waals surface area (Å²) in [6.45, 7) is 5.20. The molecule has 0 spiro atoms. The minimum Gasteiger partial charge on any atom is -0.493 e. The van der Waals surface area contributed by atoms with Crippen LogP contribution in [0.5, 0.6) is 28.7 Å². The van der Waals surface area contributed by atoms with Crippen LogP contribution in [0.4, 0.5) is 0 Å². The lowest BCUT2D eigenvalue weighted by atomic mass is 9.65. The number of nitro groups is 1. The van der Waals surface area contributed by atoms with E-state index >= 15 is 0 Å². The minimum atomic E-state index is -1.34. The maximum absolute atomic E-state index is 12.3. The van der Waals surface area contributed by atoms with E-state index in [1.165, 1.54) is 28.3 Å². The number of fused-ring (bicyclic) bond motifs is 1. The number of hydrogen-bond donors (Lipinski definition) is 0. The van der Waals surface area contributed by atoms with Gasteiger partial charge in [-0.1, -0.05) is 38.8 Å². The summed E-state index contributed by atoms with van der Waals surface area (Å²) in [4.78, 5) is 24.0. The topological polar surface area (TPSA) is 139 Å². The van der Waals surface area contributed by atoms with Crippen molar-refractivity contribution in [2.75, 3.05) is 21.3 Å². The van der Waals surface area contributed by atoms with Gasteiger partial charge in [-0.05, 0) is 48.6 Å². The van der Waals surface area contributed by atoms with E-state index in [9.17, 15) is 20.2 Å². The molecule has 0 bridgehead atoms. The van der Waals surface area contributed by atoms with Crippen molar-refractivity contribution < 1.29 is 38.1 Å². The number of benzene rings is 2. The van der Waals surface area contributed by atoms with E-state index in [2.05, 4.69) is 6.07 Å². The minimum absolute atomic E-state index is 0.0472. The molecular formula is C30H38N2O9. The van der Waals surface area contributed by atoms with Crippen LogP contribution in [0.3, 0.4) is 0 Å². The Morgan fingerprint density at radius 2 is 1.63 bits per heavy atom. The van der Waals surface area contributed by atoms with Crippen LogP contribution in [-0.4, -0.2) is 50.7 Å². The number of ether oxygens (including phenoxy) is 6. The molecule has 3 atom stereocenters. The summed E-state index contributed by atoms with van der Waals surface area (Å²) < 4.78 is 33.6. The molecule has 0 amide bonds. The summed E-state index contributed by atoms with van der Waals surface area (Å²) in [7, 11) is 4.49. The molecule has 11 nitrogen and oxygen atoms in total. The van der Waals surface area contributed by atoms with E-state index in [0.717, 1.165) is 0 Å². The van der Waals surface area contributed by atoms with Crippen molar-refractivity contribution in [3.05, 3.63) is 52.1 Å². The highest BCUT2D eigenvalue weighted by molar-refractivity contribution is 5.66. The van der Waals surface area contributed by atoms with Crippen LogP contribution in [0.25, 0.3) is 0 Å². The Kier molecular flexibility index (Phi) is 10.6. The molecule has 0 N–H and O–H groups in total. The molecule has 2 aromatic rings. The van der Waals surface area contributed by atoms with Gasteiger partial charge in [0, 0.05) is 11.8 Å². The number of para-hydroxylation sites is 2. The first-order valence-electron chi connectivity index (χ1n) is 13.6. The summed E-state index contributed by atoms with van der Waals surface area (Å²) in [5.74, 6) is 1.37. The molecule has 3 rings (SSSR count). The van der Waals surface area contributed by atoms with Gasteiger partial charge in [0.1, 0.15) is 0 Å². The summed E-state index contributed by atoms with van der Waals surface area (Å²) in [5, 5.41) is 23.1. The number of carbonyl (C=O) groups excluding carboxylic acids is 1. The van der Waals surface area contributed by atoms with Gasteiger partial charge in [0.15, 0.2) is 29.1 Å². The first kappa shape index (κ1) is 31.3. The van der Waals surface area contributed by atoms with Crippen molar-refractivity contribution in [2.45, 2.75) is 76.7 Å². The Hall–Kier alpha value is -4.20. The zero-order chi connectivity index (χ0) is 30.2. The van der Waals surface area contributed by atoms with Crippen LogP contribution < -0.4 is 23.7 Å². The molecule has 0 saturated carbocycles. The number of carbonyl (C=O) groups is 1. The molecule has 1 aliphatic rings. The molecule has 0 radical (unpaired) electrons. The number of rotatable bonds is 15. The average molecular weight is 571 g/mol. The Labute approximate surface area is 240 Å². The highest BCUT2D eigenvalue weighted by Gasteiger charge is 2.45. The lowest BCUT2D eigenvalue weighted by Gasteiger charge is -2.36. The fraction of sp³-hybridized carbons (Fsp3) is 0.533. The molecular weight excluding hydrogens is 532 g/mol. The number of esters is 1. The van der Waals surface area contributed by atoms with Crippen LogP contribution in [0.1, 0.15) is 58.4 Å². The van der Waals surface area contributed by atoms with Crippen molar-refractivity contribution in [3.63, 3.8) is 0 Å². The maximum atomic E-state index is 12.3. The molecule has 1 aliphatic heterocycles. The molecule has 3 unspecified atom stereocenters. The number of nitrogens with zero attached hydrogens (tertiary/aromatic N) is 2. The van der Waals surface area contributed by atoms with Gasteiger partial charge in [0.25, 0.3) is 6.04 Å². The average Bonchev–Trinajstić information content (AvgIpc) is 3.39. The lowest BCUT2D eigenvalue weighted by Crippen LogP contribution is -2.43. The van der Waals surface area contributed by atoms with E-state index in [1.807, 2.05) is 13.8 Å². The van der Waals surface area contributed by atoms with Crippen LogP contribution >= 0.6 is 0 Å². The van der Waals surface area contributed by atoms with Crippen LogP contribution in [0, 0.1) is 27.4 Å². The van der Waals surface area contributed by atoms with Gasteiger partial charge < -0.3 is 28.4 Å². The Morgan fingerprint density at radius 1 is 1.07 bits per heavy atom. The zero-order valence-corrected chi connectivity index (χ0v) is 24.4. The van der Waals surface area contributed by atoms with Crippen molar-refractivity contribution in [1.82, 2.24) is 0 Å². The van der Waals surface area contributed by atoms with Gasteiger partial charge >= 0.3 is 5.97 Å². The monoisotopic (exact) mass is 570 g/mol. The lowest BCUT2D eigenvalue weighted by molar-refractivity contribution is -0.537. The Balaban J connectivity index is 1.99. The largest absolute Gasteiger partial charge is 0.493 e. The highest BCUT2D eigenvalue weighted by atomic mass is 16.7. The van der Waals surface area contributed by atoms with Gasteiger partial charge in [-0.3, -0.25) is 14.9 Å². The van der Waals surface area contributed by atoms with Crippen molar-refractivity contribution >= 4 is 5.97 Å². The Bertz CT molecular complexity index is 1210. The van der Waals surface area contributed by atoms with Crippen LogP contribution in [0.2, 0.25) is 0 Å². The standard InChI is InChI=1S/C30H38N2O9/c1-7-20(8-2)30(18-31,21-15-26(36-4)29(38-6)27(16-21)37-5)14-13-23(39-19(3)33)22(32(34)35)17-28-40-24-11-9-10-12-25(24)41-28/h9-12,15-16,20,22-23,28H,7-8,13-14,17H2,1-6H3. The molecule has 1 heterocycles. The number of hydrogen-bond acceptors (Lipinski definition) is 10. The highest BCUT2D eigenvalue weighted by Crippen LogP contribution is 2.47. The van der Waals surface area contributed by atoms with E-state index in [4.69, 9.17) is 28.4 Å². The molecule has 0 fully saturated rings. The van der Waals surface area contributed by atoms with Crippen molar-refractivity contribution in [3.8, 4) is 34.8 Å². The quantitative estimate of drug-likeness (QED) is 0.154. The van der Waals surface area contributed by atoms with Gasteiger partial charge in [0.2, 0.25) is 12.0 Å². The molecule has 41 heavy (non-hydrogen) atoms. The fourth-order valence-electron chi connectivity index (χ4n) is 5.65. The third-order valence-electron chi connectivity index (χ3n) is 7.70. The maximum Gasteiger partial charge on any atom is 0.303 e. The normalized spacial score (nSPS) is 15.4. The Morgan fingerprint density at radius 3 is 2.05 bits per heavy atom. The molecule has 222 valence electrons. The second-order valence-electron chi connectivity index (χ2n) is 9.90. The first-order valence-corrected chi connectivity index (χ1v) is 13.6. The molecule has 0 aromatic heterocycles. The first-order chi connectivity index (χ1) is 19.7. The fourth-order valence-corrected chi connectivity index (χ4v) is 5.65. The third kappa shape index (κ3) is 6.76. The third-order valence-corrected chi connectivity index (χ3v) is 7.70. The SMILES string of the molecule is CCC(CC)C(C#N)(CCC(OC(C)=O)C(CC1Oc2ccccc2O1)[N+](=O)[O-])c1cc(OC)c(OC)c(OC)c1. The van der Waals surface area contributed by atoms with E-state index in [0.29, 0.717) is 47.2 Å². The summed E-state index contributed by atoms with van der Waals surface area (Å²) in [6, 6.07) is 11.7. The van der Waals surface area contributed by atoms with Crippen LogP contribution in [0.15, 0.2) is 36.4 Å². The van der Waals surface area contributed by atoms with E-state index in [-0.39, 0.29) is 25.2 Å². The molecule has 0 saturated heterocycles. The van der Waals surface area contributed by atoms with Crippen molar-refractivity contribution in [1.29, 1.82) is 5.26 Å². The smallest absolute Gasteiger partial charge is 0.303 e. The van der Waals surface area contributed by atoms with E-state index in [1.54, 1.807) is 36.4 Å². The summed E-state index contributed by atoms with van der Waals surface area (Å²) in [6.07, 6.45) is -0.666. The van der Waals surface area contributed by atoms with Gasteiger partial charge in [-0.25, -0.2) is 0 Å². The van der Waals surface area contributed by atoms with Gasteiger partial charge in [-0.15, -0.1) is 0 Å². The predicted molar refractivity (Wildman–Crippen MR) is 149 cm³/mol. The summed E-state index contributed by atoms with van der Waals surface area (Å²) >= 11 is 0. The molecule has 2 aromatic carbocycles. The second kappa shape index (κ2) is 13.9.